The molecule has 1 aliphatic carbocycles. The van der Waals surface area contributed by atoms with E-state index in [0.717, 1.165) is 16.6 Å². The summed E-state index contributed by atoms with van der Waals surface area (Å²) in [4.78, 5) is 0. The number of hydrogen-bond donors (Lipinski definition) is 0. The fourth-order valence-electron chi connectivity index (χ4n) is 3.63. The van der Waals surface area contributed by atoms with E-state index in [2.05, 4.69) is 20.4 Å². The highest BCUT2D eigenvalue weighted by Crippen LogP contribution is 2.35. The van der Waals surface area contributed by atoms with Crippen molar-refractivity contribution in [3.05, 3.63) is 60.1 Å². The second-order valence-corrected chi connectivity index (χ2v) is 7.53. The molecule has 0 atom stereocenters. The molecule has 0 unspecified atom stereocenters. The maximum Gasteiger partial charge on any atom is 0.177 e. The van der Waals surface area contributed by atoms with E-state index < -0.39 is 0 Å². The molecule has 0 spiro atoms. The van der Waals surface area contributed by atoms with E-state index >= 15 is 0 Å². The van der Waals surface area contributed by atoms with Crippen LogP contribution in [0.5, 0.6) is 0 Å². The van der Waals surface area contributed by atoms with Crippen LogP contribution in [-0.4, -0.2) is 39.4 Å². The number of aromatic nitrogens is 8. The van der Waals surface area contributed by atoms with Gasteiger partial charge in [-0.3, -0.25) is 9.36 Å². The van der Waals surface area contributed by atoms with E-state index in [-0.39, 0.29) is 12.2 Å². The predicted molar refractivity (Wildman–Crippen MR) is 104 cm³/mol. The molecule has 0 N–H and O–H groups in total. The van der Waals surface area contributed by atoms with Crippen LogP contribution in [0.15, 0.2) is 42.9 Å². The fourth-order valence-corrected chi connectivity index (χ4v) is 3.63. The second kappa shape index (κ2) is 5.94. The summed E-state index contributed by atoms with van der Waals surface area (Å²) >= 11 is 0. The molecular weight excluding hydrogens is 371 g/mol. The van der Waals surface area contributed by atoms with Crippen LogP contribution in [0.1, 0.15) is 30.3 Å². The van der Waals surface area contributed by atoms with Crippen molar-refractivity contribution < 1.29 is 4.39 Å². The Bertz CT molecular complexity index is 1370. The molecule has 0 amide bonds. The lowest BCUT2D eigenvalue weighted by molar-refractivity contribution is 0.612. The Morgan fingerprint density at radius 1 is 1.10 bits per heavy atom. The number of nitrogens with zero attached hydrogens (tertiary/aromatic N) is 8. The van der Waals surface area contributed by atoms with Gasteiger partial charge in [-0.05, 0) is 36.6 Å². The Balaban J connectivity index is 1.39. The Hall–Kier alpha value is -3.62. The second-order valence-electron chi connectivity index (χ2n) is 7.53. The summed E-state index contributed by atoms with van der Waals surface area (Å²) in [5.41, 5.74) is 3.53. The van der Waals surface area contributed by atoms with E-state index in [1.54, 1.807) is 9.20 Å². The number of rotatable bonds is 4. The van der Waals surface area contributed by atoms with Crippen molar-refractivity contribution >= 4 is 16.6 Å². The van der Waals surface area contributed by atoms with E-state index in [0.29, 0.717) is 28.6 Å². The van der Waals surface area contributed by atoms with Gasteiger partial charge < -0.3 is 0 Å². The first-order chi connectivity index (χ1) is 14.1. The normalized spacial score (nSPS) is 14.3. The van der Waals surface area contributed by atoms with Gasteiger partial charge in [0, 0.05) is 42.9 Å². The van der Waals surface area contributed by atoms with E-state index in [1.165, 1.54) is 18.9 Å². The number of benzene rings is 1. The lowest BCUT2D eigenvalue weighted by atomic mass is 10.1. The van der Waals surface area contributed by atoms with Crippen molar-refractivity contribution in [2.75, 3.05) is 0 Å². The maximum absolute atomic E-state index is 14.6. The van der Waals surface area contributed by atoms with Crippen molar-refractivity contribution in [1.29, 1.82) is 0 Å². The molecule has 9 heteroatoms. The summed E-state index contributed by atoms with van der Waals surface area (Å²) in [5.74, 6) is 0.272. The molecule has 1 saturated carbocycles. The SMILES string of the molecule is Cn1cc2cc(Cc3nnc4ccc(-c5cnn(C6CC6)c5)nn34)c(F)cc2n1. The number of halogens is 1. The van der Waals surface area contributed by atoms with Gasteiger partial charge in [-0.2, -0.15) is 19.8 Å². The van der Waals surface area contributed by atoms with Gasteiger partial charge in [0.2, 0.25) is 0 Å². The van der Waals surface area contributed by atoms with Crippen molar-refractivity contribution in [2.24, 2.45) is 7.05 Å². The zero-order valence-corrected chi connectivity index (χ0v) is 15.7. The van der Waals surface area contributed by atoms with E-state index in [4.69, 9.17) is 5.10 Å². The Morgan fingerprint density at radius 2 is 2.00 bits per heavy atom. The zero-order valence-electron chi connectivity index (χ0n) is 15.7. The average molecular weight is 388 g/mol. The van der Waals surface area contributed by atoms with Crippen LogP contribution in [0.2, 0.25) is 0 Å². The molecule has 4 heterocycles. The summed E-state index contributed by atoms with van der Waals surface area (Å²) < 4.78 is 20.0. The standard InChI is InChI=1S/C20H17FN8/c1-27-10-13-6-12(16(21)8-18(13)25-27)7-20-24-23-19-5-4-17(26-29(19)20)14-9-22-28(11-14)15-2-3-15/h4-6,8-11,15H,2-3,7H2,1H3. The third kappa shape index (κ3) is 2.77. The third-order valence-corrected chi connectivity index (χ3v) is 5.28. The molecule has 144 valence electrons. The first-order valence-electron chi connectivity index (χ1n) is 9.52. The molecule has 4 aromatic heterocycles. The highest BCUT2D eigenvalue weighted by molar-refractivity contribution is 5.79. The minimum absolute atomic E-state index is 0.287. The van der Waals surface area contributed by atoms with Gasteiger partial charge in [0.15, 0.2) is 11.5 Å². The van der Waals surface area contributed by atoms with Crippen LogP contribution in [0.25, 0.3) is 27.8 Å². The number of hydrogen-bond acceptors (Lipinski definition) is 5. The van der Waals surface area contributed by atoms with Crippen molar-refractivity contribution in [3.8, 4) is 11.3 Å². The summed E-state index contributed by atoms with van der Waals surface area (Å²) in [6.45, 7) is 0. The summed E-state index contributed by atoms with van der Waals surface area (Å²) in [6, 6.07) is 7.56. The minimum Gasteiger partial charge on any atom is -0.275 e. The fraction of sp³-hybridized carbons (Fsp3) is 0.250. The van der Waals surface area contributed by atoms with Crippen molar-refractivity contribution in [1.82, 2.24) is 39.4 Å². The lowest BCUT2D eigenvalue weighted by Crippen LogP contribution is -2.02. The van der Waals surface area contributed by atoms with Gasteiger partial charge in [-0.25, -0.2) is 4.39 Å². The minimum atomic E-state index is -0.310. The van der Waals surface area contributed by atoms with Crippen LogP contribution in [0.4, 0.5) is 4.39 Å². The smallest absolute Gasteiger partial charge is 0.177 e. The Kier molecular flexibility index (Phi) is 3.35. The van der Waals surface area contributed by atoms with Crippen LogP contribution in [-0.2, 0) is 13.5 Å². The lowest BCUT2D eigenvalue weighted by Gasteiger charge is -2.04. The molecule has 5 aromatic rings. The number of fused-ring (bicyclic) bond motifs is 2. The first-order valence-corrected chi connectivity index (χ1v) is 9.52. The maximum atomic E-state index is 14.6. The Labute approximate surface area is 164 Å². The van der Waals surface area contributed by atoms with Gasteiger partial charge in [0.25, 0.3) is 0 Å². The molecule has 1 aliphatic rings. The van der Waals surface area contributed by atoms with E-state index in [9.17, 15) is 4.39 Å². The first kappa shape index (κ1) is 16.3. The van der Waals surface area contributed by atoms with Crippen LogP contribution < -0.4 is 0 Å². The average Bonchev–Trinajstić information content (AvgIpc) is 3.14. The topological polar surface area (TPSA) is 78.7 Å². The predicted octanol–water partition coefficient (Wildman–Crippen LogP) is 2.94. The molecular formula is C20H17FN8. The highest BCUT2D eigenvalue weighted by Gasteiger charge is 2.24. The molecule has 1 aromatic carbocycles. The molecule has 1 fully saturated rings. The molecule has 0 saturated heterocycles. The van der Waals surface area contributed by atoms with Gasteiger partial charge in [0.1, 0.15) is 5.82 Å². The van der Waals surface area contributed by atoms with Crippen LogP contribution in [0, 0.1) is 5.82 Å². The quantitative estimate of drug-likeness (QED) is 0.473. The number of aryl methyl sites for hydroxylation is 1. The monoisotopic (exact) mass is 388 g/mol. The summed E-state index contributed by atoms with van der Waals surface area (Å²) in [6.07, 6.45) is 8.36. The van der Waals surface area contributed by atoms with Crippen LogP contribution in [0.3, 0.4) is 0 Å². The zero-order chi connectivity index (χ0) is 19.5. The molecule has 0 bridgehead atoms. The third-order valence-electron chi connectivity index (χ3n) is 5.28. The summed E-state index contributed by atoms with van der Waals surface area (Å²) in [5, 5.41) is 22.7. The van der Waals surface area contributed by atoms with Crippen molar-refractivity contribution in [3.63, 3.8) is 0 Å². The van der Waals surface area contributed by atoms with E-state index in [1.807, 2.05) is 48.5 Å². The van der Waals surface area contributed by atoms with Gasteiger partial charge in [-0.15, -0.1) is 10.2 Å². The molecule has 8 nitrogen and oxygen atoms in total. The summed E-state index contributed by atoms with van der Waals surface area (Å²) in [7, 11) is 1.82. The van der Waals surface area contributed by atoms with Gasteiger partial charge in [-0.1, -0.05) is 0 Å². The molecule has 0 radical (unpaired) electrons. The molecule has 29 heavy (non-hydrogen) atoms. The van der Waals surface area contributed by atoms with Gasteiger partial charge >= 0.3 is 0 Å². The molecule has 6 rings (SSSR count). The van der Waals surface area contributed by atoms with Crippen LogP contribution >= 0.6 is 0 Å². The van der Waals surface area contributed by atoms with Gasteiger partial charge in [0.05, 0.1) is 23.4 Å². The Morgan fingerprint density at radius 3 is 2.86 bits per heavy atom. The largest absolute Gasteiger partial charge is 0.275 e. The molecule has 0 aliphatic heterocycles. The van der Waals surface area contributed by atoms with Crippen molar-refractivity contribution in [2.45, 2.75) is 25.3 Å². The highest BCUT2D eigenvalue weighted by atomic mass is 19.1.